The summed E-state index contributed by atoms with van der Waals surface area (Å²) in [7, 11) is 1.21. The molecule has 2 N–H and O–H groups in total. The van der Waals surface area contributed by atoms with Crippen LogP contribution in [0.1, 0.15) is 36.8 Å². The van der Waals surface area contributed by atoms with Gasteiger partial charge in [-0.15, -0.1) is 11.3 Å². The first-order valence-electron chi connectivity index (χ1n) is 11.2. The molecule has 0 spiro atoms. The van der Waals surface area contributed by atoms with Crippen molar-refractivity contribution in [1.82, 2.24) is 15.2 Å². The first kappa shape index (κ1) is 25.8. The predicted molar refractivity (Wildman–Crippen MR) is 126 cm³/mol. The molecule has 2 aliphatic heterocycles. The number of aliphatic imine (C=N–C) groups is 1. The van der Waals surface area contributed by atoms with Crippen LogP contribution in [0.4, 0.5) is 13.2 Å². The van der Waals surface area contributed by atoms with E-state index < -0.39 is 48.2 Å². The van der Waals surface area contributed by atoms with Crippen molar-refractivity contribution in [2.75, 3.05) is 20.2 Å². The second kappa shape index (κ2) is 10.0. The molecule has 4 rings (SSSR count). The van der Waals surface area contributed by atoms with Crippen molar-refractivity contribution in [3.63, 3.8) is 0 Å². The van der Waals surface area contributed by atoms with Crippen LogP contribution in [0.25, 0.3) is 0 Å². The van der Waals surface area contributed by atoms with E-state index in [0.717, 1.165) is 0 Å². The third-order valence-electron chi connectivity index (χ3n) is 6.36. The molecule has 1 aromatic heterocycles. The molecule has 8 nitrogen and oxygen atoms in total. The van der Waals surface area contributed by atoms with Crippen molar-refractivity contribution in [2.24, 2.45) is 4.99 Å². The van der Waals surface area contributed by atoms with E-state index >= 15 is 0 Å². The topological polar surface area (TPSA) is 104 Å². The molecule has 0 amide bonds. The Morgan fingerprint density at radius 1 is 1.31 bits per heavy atom. The molecule has 2 aliphatic rings. The molecule has 2 aromatic rings. The van der Waals surface area contributed by atoms with Crippen LogP contribution < -0.4 is 5.32 Å². The monoisotopic (exact) mass is 522 g/mol. The van der Waals surface area contributed by atoms with Crippen molar-refractivity contribution in [3.05, 3.63) is 63.5 Å². The van der Waals surface area contributed by atoms with Crippen LogP contribution >= 0.6 is 11.3 Å². The smallest absolute Gasteiger partial charge is 0.338 e. The normalized spacial score (nSPS) is 23.8. The molecule has 36 heavy (non-hydrogen) atoms. The summed E-state index contributed by atoms with van der Waals surface area (Å²) in [6.07, 6.45) is 0.881. The van der Waals surface area contributed by atoms with Gasteiger partial charge in [-0.05, 0) is 31.0 Å². The number of carbonyl (C=O) groups excluding carboxylic acids is 1. The Labute approximate surface area is 209 Å². The van der Waals surface area contributed by atoms with E-state index in [1.165, 1.54) is 47.6 Å². The second-order valence-electron chi connectivity index (χ2n) is 8.90. The van der Waals surface area contributed by atoms with Gasteiger partial charge in [0.2, 0.25) is 0 Å². The fourth-order valence-corrected chi connectivity index (χ4v) is 5.28. The van der Waals surface area contributed by atoms with Crippen LogP contribution in [0, 0.1) is 5.82 Å². The molecular weight excluding hydrogens is 497 g/mol. The van der Waals surface area contributed by atoms with Crippen LogP contribution in [0.3, 0.4) is 0 Å². The number of amidine groups is 1. The number of nitrogens with one attached hydrogen (secondary N) is 1. The molecule has 3 heterocycles. The standard InChI is InChI=1S/C24H25F3N4O4S/c1-23(14-3-5-15(25)6-4-14)19(22(34)35-2)17(29-20(30-23)21-28-9-10-36-21)12-31-13-24(26,27)11-16(31)7-8-18(32)33/h3-6,9-10,16H,7-8,11-13H2,1-2H3,(H,29,30)(H,32,33). The Balaban J connectivity index is 1.81. The van der Waals surface area contributed by atoms with Gasteiger partial charge in [-0.3, -0.25) is 9.69 Å². The number of carboxylic acids is 1. The third kappa shape index (κ3) is 5.29. The highest BCUT2D eigenvalue weighted by Crippen LogP contribution is 2.41. The lowest BCUT2D eigenvalue weighted by Crippen LogP contribution is -2.46. The average molecular weight is 523 g/mol. The van der Waals surface area contributed by atoms with Crippen LogP contribution in [-0.2, 0) is 19.9 Å². The summed E-state index contributed by atoms with van der Waals surface area (Å²) in [5.74, 6) is -4.94. The number of rotatable bonds is 8. The highest BCUT2D eigenvalue weighted by molar-refractivity contribution is 7.11. The summed E-state index contributed by atoms with van der Waals surface area (Å²) in [6, 6.07) is 4.80. The molecule has 12 heteroatoms. The third-order valence-corrected chi connectivity index (χ3v) is 7.14. The lowest BCUT2D eigenvalue weighted by atomic mass is 9.82. The number of likely N-dealkylation sites (tertiary alicyclic amines) is 1. The number of methoxy groups -OCH3 is 1. The van der Waals surface area contributed by atoms with Gasteiger partial charge in [-0.25, -0.2) is 27.9 Å². The van der Waals surface area contributed by atoms with Gasteiger partial charge in [0.05, 0.1) is 19.2 Å². The maximum absolute atomic E-state index is 14.4. The number of ether oxygens (including phenoxy) is 1. The van der Waals surface area contributed by atoms with Gasteiger partial charge in [-0.2, -0.15) is 0 Å². The van der Waals surface area contributed by atoms with Crippen LogP contribution in [0.5, 0.6) is 0 Å². The number of carbonyl (C=O) groups is 2. The van der Waals surface area contributed by atoms with E-state index in [4.69, 9.17) is 14.8 Å². The number of hydrogen-bond donors (Lipinski definition) is 2. The minimum Gasteiger partial charge on any atom is -0.481 e. The Hall–Kier alpha value is -3.25. The number of benzene rings is 1. The summed E-state index contributed by atoms with van der Waals surface area (Å²) in [5, 5.41) is 14.4. The highest BCUT2D eigenvalue weighted by atomic mass is 32.1. The molecular formula is C24H25F3N4O4S. The fourth-order valence-electron chi connectivity index (χ4n) is 4.70. The fraction of sp³-hybridized carbons (Fsp3) is 0.417. The molecule has 2 atom stereocenters. The summed E-state index contributed by atoms with van der Waals surface area (Å²) >= 11 is 1.30. The van der Waals surface area contributed by atoms with Gasteiger partial charge >= 0.3 is 11.9 Å². The van der Waals surface area contributed by atoms with Crippen LogP contribution in [0.2, 0.25) is 0 Å². The first-order valence-corrected chi connectivity index (χ1v) is 12.1. The molecule has 2 unspecified atom stereocenters. The lowest BCUT2D eigenvalue weighted by Gasteiger charge is -2.36. The van der Waals surface area contributed by atoms with Gasteiger partial charge < -0.3 is 15.2 Å². The van der Waals surface area contributed by atoms with E-state index in [9.17, 15) is 22.8 Å². The summed E-state index contributed by atoms with van der Waals surface area (Å²) in [4.78, 5) is 34.7. The SMILES string of the molecule is COC(=O)C1=C(CN2CC(F)(F)CC2CCC(=O)O)NC(c2nccs2)=NC1(C)c1ccc(F)cc1. The maximum atomic E-state index is 14.4. The van der Waals surface area contributed by atoms with Crippen molar-refractivity contribution in [1.29, 1.82) is 0 Å². The van der Waals surface area contributed by atoms with Crippen LogP contribution in [0.15, 0.2) is 52.1 Å². The van der Waals surface area contributed by atoms with Crippen molar-refractivity contribution >= 4 is 29.1 Å². The molecule has 0 aliphatic carbocycles. The number of aromatic nitrogens is 1. The van der Waals surface area contributed by atoms with Gasteiger partial charge in [0.15, 0.2) is 10.8 Å². The zero-order chi connectivity index (χ0) is 26.1. The minimum absolute atomic E-state index is 0.0361. The molecule has 1 saturated heterocycles. The summed E-state index contributed by atoms with van der Waals surface area (Å²) in [5.41, 5.74) is -0.483. The number of nitrogens with zero attached hydrogens (tertiary/aromatic N) is 3. The maximum Gasteiger partial charge on any atom is 0.338 e. The number of thiazole rings is 1. The molecule has 1 fully saturated rings. The Kier molecular flexibility index (Phi) is 7.19. The molecule has 0 radical (unpaired) electrons. The van der Waals surface area contributed by atoms with E-state index in [0.29, 0.717) is 16.4 Å². The first-order chi connectivity index (χ1) is 17.0. The molecule has 0 bridgehead atoms. The van der Waals surface area contributed by atoms with Crippen molar-refractivity contribution in [3.8, 4) is 0 Å². The molecule has 192 valence electrons. The van der Waals surface area contributed by atoms with Gasteiger partial charge in [0, 0.05) is 42.7 Å². The largest absolute Gasteiger partial charge is 0.481 e. The Bertz CT molecular complexity index is 1200. The number of carboxylic acid groups (broad SMARTS) is 1. The van der Waals surface area contributed by atoms with E-state index in [2.05, 4.69) is 10.3 Å². The zero-order valence-corrected chi connectivity index (χ0v) is 20.4. The Morgan fingerprint density at radius 3 is 2.64 bits per heavy atom. The number of halogens is 3. The Morgan fingerprint density at radius 2 is 2.03 bits per heavy atom. The molecule has 1 aromatic carbocycles. The van der Waals surface area contributed by atoms with Crippen molar-refractivity contribution in [2.45, 2.75) is 43.7 Å². The average Bonchev–Trinajstić information content (AvgIpc) is 3.45. The van der Waals surface area contributed by atoms with Crippen molar-refractivity contribution < 1.29 is 32.6 Å². The quantitative estimate of drug-likeness (QED) is 0.511. The van der Waals surface area contributed by atoms with Gasteiger partial charge in [-0.1, -0.05) is 12.1 Å². The second-order valence-corrected chi connectivity index (χ2v) is 9.79. The van der Waals surface area contributed by atoms with E-state index in [1.807, 2.05) is 0 Å². The van der Waals surface area contributed by atoms with Gasteiger partial charge in [0.1, 0.15) is 11.4 Å². The zero-order valence-electron chi connectivity index (χ0n) is 19.6. The number of esters is 1. The summed E-state index contributed by atoms with van der Waals surface area (Å²) in [6.45, 7) is 0.973. The minimum atomic E-state index is -3.00. The predicted octanol–water partition coefficient (Wildman–Crippen LogP) is 3.55. The number of aliphatic carboxylic acids is 1. The number of alkyl halides is 2. The van der Waals surface area contributed by atoms with E-state index in [-0.39, 0.29) is 30.7 Å². The number of hydrogen-bond acceptors (Lipinski definition) is 8. The van der Waals surface area contributed by atoms with E-state index in [1.54, 1.807) is 18.5 Å². The molecule has 0 saturated carbocycles. The van der Waals surface area contributed by atoms with Gasteiger partial charge in [0.25, 0.3) is 5.92 Å². The van der Waals surface area contributed by atoms with Crippen LogP contribution in [-0.4, -0.2) is 64.9 Å². The highest BCUT2D eigenvalue weighted by Gasteiger charge is 2.47. The lowest BCUT2D eigenvalue weighted by molar-refractivity contribution is -0.138. The summed E-state index contributed by atoms with van der Waals surface area (Å²) < 4.78 is 47.6.